The van der Waals surface area contributed by atoms with E-state index in [1.165, 1.54) is 0 Å². The van der Waals surface area contributed by atoms with Crippen LogP contribution in [0, 0.1) is 13.8 Å². The molecule has 8 nitrogen and oxygen atoms in total. The number of nitrogens with zero attached hydrogens (tertiary/aromatic N) is 5. The number of likely N-dealkylation sites (tertiary alicyclic amines) is 1. The Hall–Kier alpha value is -3.00. The maximum Gasteiger partial charge on any atom is 0.252 e. The fourth-order valence-corrected chi connectivity index (χ4v) is 3.97. The molecule has 3 aromatic rings. The molecule has 0 aliphatic carbocycles. The van der Waals surface area contributed by atoms with Gasteiger partial charge in [0.1, 0.15) is 6.61 Å². The van der Waals surface area contributed by atoms with E-state index in [2.05, 4.69) is 15.2 Å². The predicted octanol–water partition coefficient (Wildman–Crippen LogP) is 3.40. The fourth-order valence-electron chi connectivity index (χ4n) is 3.97. The minimum absolute atomic E-state index is 0.175. The lowest BCUT2D eigenvalue weighted by atomic mass is 9.96. The summed E-state index contributed by atoms with van der Waals surface area (Å²) in [7, 11) is 0. The summed E-state index contributed by atoms with van der Waals surface area (Å²) in [5.41, 5.74) is 3.18. The maximum atomic E-state index is 12.6. The molecule has 3 heterocycles. The highest BCUT2D eigenvalue weighted by atomic mass is 16.5. The van der Waals surface area contributed by atoms with Gasteiger partial charge in [-0.3, -0.25) is 9.48 Å². The molecule has 0 spiro atoms. The molecule has 31 heavy (non-hydrogen) atoms. The Morgan fingerprint density at radius 2 is 1.94 bits per heavy atom. The van der Waals surface area contributed by atoms with Gasteiger partial charge in [-0.25, -0.2) is 0 Å². The quantitative estimate of drug-likeness (QED) is 0.552. The van der Waals surface area contributed by atoms with Gasteiger partial charge < -0.3 is 14.2 Å². The van der Waals surface area contributed by atoms with E-state index in [9.17, 15) is 4.79 Å². The number of ether oxygens (including phenoxy) is 1. The van der Waals surface area contributed by atoms with Crippen LogP contribution in [-0.4, -0.2) is 43.8 Å². The van der Waals surface area contributed by atoms with Crippen molar-refractivity contribution in [2.24, 2.45) is 0 Å². The van der Waals surface area contributed by atoms with Crippen LogP contribution in [0.15, 0.2) is 40.9 Å². The van der Waals surface area contributed by atoms with Gasteiger partial charge in [-0.15, -0.1) is 0 Å². The predicted molar refractivity (Wildman–Crippen MR) is 114 cm³/mol. The van der Waals surface area contributed by atoms with Crippen LogP contribution >= 0.6 is 0 Å². The number of amides is 1. The number of benzene rings is 1. The van der Waals surface area contributed by atoms with E-state index in [0.29, 0.717) is 37.9 Å². The van der Waals surface area contributed by atoms with Crippen LogP contribution in [-0.2, 0) is 29.3 Å². The molecular formula is C23H29N5O3. The summed E-state index contributed by atoms with van der Waals surface area (Å²) in [5, 5.41) is 8.57. The summed E-state index contributed by atoms with van der Waals surface area (Å²) >= 11 is 0. The van der Waals surface area contributed by atoms with Crippen LogP contribution in [0.4, 0.5) is 0 Å². The van der Waals surface area contributed by atoms with Crippen molar-refractivity contribution in [3.8, 4) is 0 Å². The maximum absolute atomic E-state index is 12.6. The Labute approximate surface area is 182 Å². The van der Waals surface area contributed by atoms with Gasteiger partial charge in [0.25, 0.3) is 5.89 Å². The van der Waals surface area contributed by atoms with Crippen LogP contribution in [0.2, 0.25) is 0 Å². The summed E-state index contributed by atoms with van der Waals surface area (Å²) < 4.78 is 12.9. The molecule has 0 N–H and O–H groups in total. The Bertz CT molecular complexity index is 990. The Morgan fingerprint density at radius 1 is 1.16 bits per heavy atom. The second kappa shape index (κ2) is 9.87. The van der Waals surface area contributed by atoms with Gasteiger partial charge in [0.2, 0.25) is 5.91 Å². The first kappa shape index (κ1) is 21.2. The molecular weight excluding hydrogens is 394 g/mol. The first-order valence-corrected chi connectivity index (χ1v) is 10.8. The van der Waals surface area contributed by atoms with Crippen molar-refractivity contribution in [2.75, 3.05) is 13.1 Å². The van der Waals surface area contributed by atoms with Gasteiger partial charge in [0.05, 0.1) is 12.3 Å². The zero-order valence-corrected chi connectivity index (χ0v) is 18.2. The van der Waals surface area contributed by atoms with Crippen molar-refractivity contribution in [3.63, 3.8) is 0 Å². The van der Waals surface area contributed by atoms with Crippen LogP contribution in [0.5, 0.6) is 0 Å². The molecule has 4 rings (SSSR count). The molecule has 164 valence electrons. The normalized spacial score (nSPS) is 14.8. The first-order valence-electron chi connectivity index (χ1n) is 10.8. The van der Waals surface area contributed by atoms with Crippen LogP contribution < -0.4 is 0 Å². The number of rotatable bonds is 8. The zero-order chi connectivity index (χ0) is 21.6. The lowest BCUT2D eigenvalue weighted by molar-refractivity contribution is -0.132. The lowest BCUT2D eigenvalue weighted by Crippen LogP contribution is -2.38. The van der Waals surface area contributed by atoms with E-state index in [-0.39, 0.29) is 11.8 Å². The van der Waals surface area contributed by atoms with Gasteiger partial charge in [0.15, 0.2) is 5.82 Å². The zero-order valence-electron chi connectivity index (χ0n) is 18.2. The van der Waals surface area contributed by atoms with Gasteiger partial charge in [0, 0.05) is 37.7 Å². The number of carbonyl (C=O) groups excluding carboxylic acids is 1. The number of carbonyl (C=O) groups is 1. The molecule has 2 aromatic heterocycles. The van der Waals surface area contributed by atoms with Crippen molar-refractivity contribution < 1.29 is 14.1 Å². The highest BCUT2D eigenvalue weighted by Gasteiger charge is 2.27. The van der Waals surface area contributed by atoms with E-state index in [1.54, 1.807) is 0 Å². The third-order valence-electron chi connectivity index (χ3n) is 5.67. The minimum Gasteiger partial charge on any atom is -0.367 e. The van der Waals surface area contributed by atoms with Crippen LogP contribution in [0.25, 0.3) is 0 Å². The van der Waals surface area contributed by atoms with Gasteiger partial charge >= 0.3 is 0 Å². The number of aromatic nitrogens is 4. The summed E-state index contributed by atoms with van der Waals surface area (Å²) in [4.78, 5) is 19.0. The van der Waals surface area contributed by atoms with Gasteiger partial charge in [-0.1, -0.05) is 35.5 Å². The molecule has 0 saturated carbocycles. The standard InChI is InChI=1S/C23H29N5O3/c1-17-14-18(2)28(25-17)13-10-22(29)27-11-8-20(9-12-27)23-24-21(31-26-23)16-30-15-19-6-4-3-5-7-19/h3-7,14,20H,8-13,15-16H2,1-2H3. The second-order valence-electron chi connectivity index (χ2n) is 8.08. The fraction of sp³-hybridized carbons (Fsp3) is 0.478. The third kappa shape index (κ3) is 5.58. The Balaban J connectivity index is 1.20. The molecule has 1 aliphatic heterocycles. The van der Waals surface area contributed by atoms with E-state index >= 15 is 0 Å². The molecule has 0 unspecified atom stereocenters. The van der Waals surface area contributed by atoms with E-state index in [0.717, 1.165) is 42.9 Å². The van der Waals surface area contributed by atoms with Crippen molar-refractivity contribution in [2.45, 2.75) is 58.8 Å². The highest BCUT2D eigenvalue weighted by molar-refractivity contribution is 5.76. The Kier molecular flexibility index (Phi) is 6.76. The molecule has 1 aromatic carbocycles. The van der Waals surface area contributed by atoms with E-state index < -0.39 is 0 Å². The van der Waals surface area contributed by atoms with Gasteiger partial charge in [-0.2, -0.15) is 10.1 Å². The summed E-state index contributed by atoms with van der Waals surface area (Å²) in [5.74, 6) is 1.60. The third-order valence-corrected chi connectivity index (χ3v) is 5.67. The lowest BCUT2D eigenvalue weighted by Gasteiger charge is -2.30. The molecule has 0 radical (unpaired) electrons. The molecule has 0 bridgehead atoms. The molecule has 1 amide bonds. The number of piperidine rings is 1. The molecule has 1 saturated heterocycles. The summed E-state index contributed by atoms with van der Waals surface area (Å²) in [6.07, 6.45) is 2.16. The second-order valence-corrected chi connectivity index (χ2v) is 8.08. The summed E-state index contributed by atoms with van der Waals surface area (Å²) in [6, 6.07) is 12.0. The molecule has 1 aliphatic rings. The minimum atomic E-state index is 0.175. The SMILES string of the molecule is Cc1cc(C)n(CCC(=O)N2CCC(c3noc(COCc4ccccc4)n3)CC2)n1. The monoisotopic (exact) mass is 423 g/mol. The van der Waals surface area contributed by atoms with Crippen molar-refractivity contribution in [1.82, 2.24) is 24.8 Å². The van der Waals surface area contributed by atoms with Gasteiger partial charge in [-0.05, 0) is 38.3 Å². The van der Waals surface area contributed by atoms with E-state index in [4.69, 9.17) is 9.26 Å². The Morgan fingerprint density at radius 3 is 2.65 bits per heavy atom. The average molecular weight is 424 g/mol. The first-order chi connectivity index (χ1) is 15.1. The number of hydrogen-bond acceptors (Lipinski definition) is 6. The van der Waals surface area contributed by atoms with Crippen LogP contribution in [0.1, 0.15) is 53.8 Å². The topological polar surface area (TPSA) is 86.3 Å². The average Bonchev–Trinajstić information content (AvgIpc) is 3.38. The van der Waals surface area contributed by atoms with Crippen LogP contribution in [0.3, 0.4) is 0 Å². The van der Waals surface area contributed by atoms with Crippen molar-refractivity contribution in [3.05, 3.63) is 65.1 Å². The molecule has 0 atom stereocenters. The molecule has 8 heteroatoms. The number of hydrogen-bond donors (Lipinski definition) is 0. The number of aryl methyl sites for hydroxylation is 3. The van der Waals surface area contributed by atoms with Crippen molar-refractivity contribution >= 4 is 5.91 Å². The largest absolute Gasteiger partial charge is 0.367 e. The highest BCUT2D eigenvalue weighted by Crippen LogP contribution is 2.26. The summed E-state index contributed by atoms with van der Waals surface area (Å²) in [6.45, 7) is 6.85. The smallest absolute Gasteiger partial charge is 0.252 e. The molecule has 1 fully saturated rings. The van der Waals surface area contributed by atoms with Crippen molar-refractivity contribution in [1.29, 1.82) is 0 Å². The van der Waals surface area contributed by atoms with E-state index in [1.807, 2.05) is 59.8 Å².